The van der Waals surface area contributed by atoms with E-state index in [1.54, 1.807) is 24.3 Å². The summed E-state index contributed by atoms with van der Waals surface area (Å²) in [7, 11) is 0. The molecule has 2 aliphatic heterocycles. The molecule has 2 aliphatic rings. The van der Waals surface area contributed by atoms with Crippen LogP contribution in [0, 0.1) is 0 Å². The number of ether oxygens (including phenoxy) is 1. The van der Waals surface area contributed by atoms with Crippen LogP contribution in [0.25, 0.3) is 22.8 Å². The number of benzene rings is 2. The van der Waals surface area contributed by atoms with Gasteiger partial charge in [-0.15, -0.1) is 0 Å². The van der Waals surface area contributed by atoms with Gasteiger partial charge in [-0.3, -0.25) is 0 Å². The molecule has 2 aromatic carbocycles. The Morgan fingerprint density at radius 2 is 2.04 bits per heavy atom. The lowest BCUT2D eigenvalue weighted by Gasteiger charge is -2.24. The van der Waals surface area contributed by atoms with Crippen molar-refractivity contribution >= 4 is 34.6 Å². The molecule has 4 heteroatoms. The Morgan fingerprint density at radius 1 is 1.09 bits per heavy atom. The Bertz CT molecular complexity index is 1130. The predicted molar refractivity (Wildman–Crippen MR) is 87.2 cm³/mol. The maximum Gasteiger partial charge on any atom is 0.360 e. The maximum atomic E-state index is 13.1. The van der Waals surface area contributed by atoms with Crippen molar-refractivity contribution in [3.05, 3.63) is 71.0 Å². The van der Waals surface area contributed by atoms with E-state index in [-0.39, 0.29) is 5.76 Å². The highest BCUT2D eigenvalue weighted by Crippen LogP contribution is 2.38. The first-order chi connectivity index (χ1) is 11.3. The number of rotatable bonds is 0. The highest BCUT2D eigenvalue weighted by molar-refractivity contribution is 7.99. The fourth-order valence-electron chi connectivity index (χ4n) is 2.99. The lowest BCUT2D eigenvalue weighted by atomic mass is 10.0. The van der Waals surface area contributed by atoms with Crippen LogP contribution in [-0.2, 0) is 0 Å². The van der Waals surface area contributed by atoms with Crippen LogP contribution in [-0.4, -0.2) is 0 Å². The molecule has 3 nitrogen and oxygen atoms in total. The fourth-order valence-corrected chi connectivity index (χ4v) is 4.12. The average molecular weight is 318 g/mol. The van der Waals surface area contributed by atoms with E-state index in [9.17, 15) is 5.11 Å². The van der Waals surface area contributed by atoms with Crippen molar-refractivity contribution in [2.24, 2.45) is 0 Å². The molecule has 23 heavy (non-hydrogen) atoms. The van der Waals surface area contributed by atoms with E-state index in [4.69, 9.17) is 9.15 Å². The number of fused-ring (bicyclic) bond motifs is 5. The topological polar surface area (TPSA) is 43.6 Å². The smallest absolute Gasteiger partial charge is 0.360 e. The summed E-state index contributed by atoms with van der Waals surface area (Å²) in [4.78, 5) is 1.92. The minimum absolute atomic E-state index is 0.0155. The predicted octanol–water partition coefficient (Wildman–Crippen LogP) is 2.38. The molecule has 0 saturated carbocycles. The van der Waals surface area contributed by atoms with Crippen molar-refractivity contribution in [3.63, 3.8) is 0 Å². The molecule has 0 N–H and O–H groups in total. The van der Waals surface area contributed by atoms with Crippen molar-refractivity contribution in [1.82, 2.24) is 0 Å². The fraction of sp³-hybridized carbons (Fsp3) is 0. The molecule has 0 amide bonds. The molecule has 3 heterocycles. The van der Waals surface area contributed by atoms with Gasteiger partial charge >= 0.3 is 11.8 Å². The summed E-state index contributed by atoms with van der Waals surface area (Å²) in [5.74, 6) is 0.732. The summed E-state index contributed by atoms with van der Waals surface area (Å²) in [6.07, 6.45) is 7.08. The van der Waals surface area contributed by atoms with Crippen LogP contribution in [0.2, 0.25) is 0 Å². The first kappa shape index (κ1) is 12.8. The van der Waals surface area contributed by atoms with E-state index in [1.165, 1.54) is 0 Å². The molecule has 0 bridgehead atoms. The van der Waals surface area contributed by atoms with Crippen LogP contribution in [0.15, 0.2) is 69.2 Å². The summed E-state index contributed by atoms with van der Waals surface area (Å²) in [5, 5.41) is 15.6. The minimum atomic E-state index is 0.0155. The molecule has 3 aromatic rings. The molecule has 0 aliphatic carbocycles. The number of allylic oxidation sites excluding steroid dienone is 1. The van der Waals surface area contributed by atoms with Gasteiger partial charge in [0.1, 0.15) is 5.75 Å². The molecule has 0 saturated heterocycles. The third-order valence-electron chi connectivity index (χ3n) is 4.06. The van der Waals surface area contributed by atoms with E-state index >= 15 is 0 Å². The second-order valence-electron chi connectivity index (χ2n) is 5.39. The SMILES string of the molecule is [O-]C1=c2cc3c(cc2Sc2ccc4[o+]cccc4c21)=CC=CO3. The van der Waals surface area contributed by atoms with Crippen molar-refractivity contribution < 1.29 is 14.3 Å². The summed E-state index contributed by atoms with van der Waals surface area (Å²) in [5.41, 5.74) is 1.42. The van der Waals surface area contributed by atoms with Crippen LogP contribution in [0.5, 0.6) is 5.75 Å². The molecule has 0 atom stereocenters. The number of hydrogen-bond donors (Lipinski definition) is 0. The zero-order valence-corrected chi connectivity index (χ0v) is 12.7. The molecule has 1 aromatic heterocycles. The van der Waals surface area contributed by atoms with Gasteiger partial charge in [0.2, 0.25) is 0 Å². The van der Waals surface area contributed by atoms with E-state index in [2.05, 4.69) is 0 Å². The first-order valence-corrected chi connectivity index (χ1v) is 8.03. The van der Waals surface area contributed by atoms with Crippen molar-refractivity contribution in [2.45, 2.75) is 9.79 Å². The van der Waals surface area contributed by atoms with Crippen LogP contribution >= 0.6 is 11.8 Å². The van der Waals surface area contributed by atoms with Crippen molar-refractivity contribution in [3.8, 4) is 5.75 Å². The summed E-state index contributed by atoms with van der Waals surface area (Å²) < 4.78 is 11.0. The minimum Gasteiger partial charge on any atom is -0.872 e. The zero-order chi connectivity index (χ0) is 15.4. The van der Waals surface area contributed by atoms with E-state index in [0.717, 1.165) is 20.4 Å². The van der Waals surface area contributed by atoms with E-state index in [0.29, 0.717) is 22.1 Å². The van der Waals surface area contributed by atoms with E-state index < -0.39 is 0 Å². The van der Waals surface area contributed by atoms with Gasteiger partial charge in [-0.25, -0.2) is 4.42 Å². The van der Waals surface area contributed by atoms with Gasteiger partial charge in [0.05, 0.1) is 11.6 Å². The summed E-state index contributed by atoms with van der Waals surface area (Å²) >= 11 is 1.61. The van der Waals surface area contributed by atoms with Crippen LogP contribution < -0.4 is 20.3 Å². The monoisotopic (exact) mass is 318 g/mol. The zero-order valence-electron chi connectivity index (χ0n) is 11.9. The number of hydrogen-bond acceptors (Lipinski definition) is 3. The quantitative estimate of drug-likeness (QED) is 0.597. The molecule has 0 spiro atoms. The normalized spacial score (nSPS) is 14.5. The standard InChI is InChI=1S/C19H10O3S/c20-19-13-10-15-11(3-1-7-22-15)9-17(13)23-16-6-5-14-12(18(16)19)4-2-8-21-14/h1-10H. The third-order valence-corrected chi connectivity index (χ3v) is 5.17. The van der Waals surface area contributed by atoms with Crippen LogP contribution in [0.4, 0.5) is 0 Å². The molecule has 110 valence electrons. The van der Waals surface area contributed by atoms with Gasteiger partial charge in [0.15, 0.2) is 0 Å². The second kappa shape index (κ2) is 4.64. The van der Waals surface area contributed by atoms with E-state index in [1.807, 2.05) is 48.6 Å². The van der Waals surface area contributed by atoms with Gasteiger partial charge < -0.3 is 9.84 Å². The maximum absolute atomic E-state index is 13.1. The Kier molecular flexibility index (Phi) is 2.58. The first-order valence-electron chi connectivity index (χ1n) is 7.22. The highest BCUT2D eigenvalue weighted by atomic mass is 32.2. The Morgan fingerprint density at radius 3 is 3.00 bits per heavy atom. The van der Waals surface area contributed by atoms with Gasteiger partial charge in [0.25, 0.3) is 0 Å². The third kappa shape index (κ3) is 1.82. The Hall–Kier alpha value is -2.72. The second-order valence-corrected chi connectivity index (χ2v) is 6.48. The van der Waals surface area contributed by atoms with Crippen molar-refractivity contribution in [2.75, 3.05) is 0 Å². The summed E-state index contributed by atoms with van der Waals surface area (Å²) in [6, 6.07) is 11.4. The van der Waals surface area contributed by atoms with Gasteiger partial charge in [-0.1, -0.05) is 17.5 Å². The molecule has 0 radical (unpaired) electrons. The molecule has 0 unspecified atom stereocenters. The largest absolute Gasteiger partial charge is 0.872 e. The van der Waals surface area contributed by atoms with Gasteiger partial charge in [-0.05, 0) is 47.2 Å². The molecular weight excluding hydrogens is 308 g/mol. The molecule has 0 fully saturated rings. The molecule has 5 rings (SSSR count). The summed E-state index contributed by atoms with van der Waals surface area (Å²) in [6.45, 7) is 0. The molecular formula is C19H10O3S. The van der Waals surface area contributed by atoms with Crippen LogP contribution in [0.3, 0.4) is 0 Å². The van der Waals surface area contributed by atoms with Gasteiger partial charge in [0, 0.05) is 27.1 Å². The lowest BCUT2D eigenvalue weighted by molar-refractivity contribution is -0.245. The Labute approximate surface area is 135 Å². The Balaban J connectivity index is 1.91. The highest BCUT2D eigenvalue weighted by Gasteiger charge is 2.20. The van der Waals surface area contributed by atoms with Crippen LogP contribution in [0.1, 0.15) is 5.56 Å². The lowest BCUT2D eigenvalue weighted by Crippen LogP contribution is -2.26. The van der Waals surface area contributed by atoms with Gasteiger partial charge in [-0.2, -0.15) is 0 Å². The average Bonchev–Trinajstić information content (AvgIpc) is 2.60. The van der Waals surface area contributed by atoms with Crippen molar-refractivity contribution in [1.29, 1.82) is 0 Å².